The highest BCUT2D eigenvalue weighted by Gasteiger charge is 2.16. The molecule has 3 heterocycles. The van der Waals surface area contributed by atoms with Crippen LogP contribution in [-0.4, -0.2) is 41.9 Å². The van der Waals surface area contributed by atoms with Crippen LogP contribution >= 0.6 is 11.3 Å². The van der Waals surface area contributed by atoms with Gasteiger partial charge in [0.25, 0.3) is 0 Å². The average Bonchev–Trinajstić information content (AvgIpc) is 3.70. The number of fused-ring (bicyclic) bond motifs is 1. The van der Waals surface area contributed by atoms with Crippen molar-refractivity contribution in [2.24, 2.45) is 0 Å². The maximum Gasteiger partial charge on any atom is 0.233 e. The predicted octanol–water partition coefficient (Wildman–Crippen LogP) is 7.47. The van der Waals surface area contributed by atoms with E-state index in [4.69, 9.17) is 9.47 Å². The van der Waals surface area contributed by atoms with Crippen molar-refractivity contribution in [3.63, 3.8) is 0 Å². The molecule has 0 unspecified atom stereocenters. The Hall–Kier alpha value is -4.80. The molecule has 2 amide bonds. The van der Waals surface area contributed by atoms with Crippen molar-refractivity contribution in [3.8, 4) is 27.7 Å². The number of ether oxygens (including phenoxy) is 2. The molecule has 0 atom stereocenters. The molecule has 3 aromatic carbocycles. The quantitative estimate of drug-likeness (QED) is 0.160. The van der Waals surface area contributed by atoms with Gasteiger partial charge >= 0.3 is 0 Å². The summed E-state index contributed by atoms with van der Waals surface area (Å²) < 4.78 is 27.1. The van der Waals surface area contributed by atoms with E-state index in [0.717, 1.165) is 46.4 Å². The van der Waals surface area contributed by atoms with Gasteiger partial charge in [-0.1, -0.05) is 36.4 Å². The largest absolute Gasteiger partial charge is 0.495 e. The summed E-state index contributed by atoms with van der Waals surface area (Å²) in [5, 5.41) is 5.20. The normalized spacial score (nSPS) is 13.1. The summed E-state index contributed by atoms with van der Waals surface area (Å²) >= 11 is 1.54. The Kier molecular flexibility index (Phi) is 8.81. The Labute approximate surface area is 258 Å². The van der Waals surface area contributed by atoms with Gasteiger partial charge in [0, 0.05) is 35.4 Å². The Morgan fingerprint density at radius 3 is 2.45 bits per heavy atom. The molecule has 44 heavy (non-hydrogen) atoms. The van der Waals surface area contributed by atoms with Crippen LogP contribution in [0.5, 0.6) is 17.2 Å². The lowest BCUT2D eigenvalue weighted by atomic mass is 10.1. The summed E-state index contributed by atoms with van der Waals surface area (Å²) in [5.74, 6) is -0.798. The smallest absolute Gasteiger partial charge is 0.233 e. The molecule has 2 aromatic heterocycles. The highest BCUT2D eigenvalue weighted by Crippen LogP contribution is 2.40. The lowest BCUT2D eigenvalue weighted by molar-refractivity contribution is -0.123. The predicted molar refractivity (Wildman–Crippen MR) is 171 cm³/mol. The minimum absolute atomic E-state index is 0.00521. The van der Waals surface area contributed by atoms with E-state index in [2.05, 4.69) is 44.8 Å². The fourth-order valence-corrected chi connectivity index (χ4v) is 6.25. The van der Waals surface area contributed by atoms with E-state index in [0.29, 0.717) is 17.2 Å². The van der Waals surface area contributed by atoms with Crippen molar-refractivity contribution in [3.05, 3.63) is 96.4 Å². The number of aromatic nitrogens is 1. The summed E-state index contributed by atoms with van der Waals surface area (Å²) in [6, 6.07) is 23.3. The SMILES string of the molecule is COc1ccccc1NC(=O)CC(=O)Nc1ccc(Oc2ccnc3cc(-c4ccc(CN5CCCC5)cc4)sc23)c(F)c1. The van der Waals surface area contributed by atoms with Crippen LogP contribution in [0.25, 0.3) is 20.7 Å². The summed E-state index contributed by atoms with van der Waals surface area (Å²) in [7, 11) is 1.49. The summed E-state index contributed by atoms with van der Waals surface area (Å²) in [5.41, 5.74) is 3.81. The van der Waals surface area contributed by atoms with Crippen molar-refractivity contribution in [2.75, 3.05) is 30.8 Å². The number of carbonyl (C=O) groups is 2. The zero-order valence-electron chi connectivity index (χ0n) is 24.1. The number of methoxy groups -OCH3 is 1. The molecule has 0 bridgehead atoms. The van der Waals surface area contributed by atoms with Gasteiger partial charge < -0.3 is 20.1 Å². The Balaban J connectivity index is 1.10. The van der Waals surface area contributed by atoms with Crippen LogP contribution in [0, 0.1) is 5.82 Å². The number of likely N-dealkylation sites (tertiary alicyclic amines) is 1. The van der Waals surface area contributed by atoms with E-state index < -0.39 is 24.1 Å². The molecule has 1 aliphatic heterocycles. The number of rotatable bonds is 10. The molecular weight excluding hydrogens is 579 g/mol. The third kappa shape index (κ3) is 6.88. The number of benzene rings is 3. The third-order valence-electron chi connectivity index (χ3n) is 7.36. The molecule has 0 spiro atoms. The molecule has 1 saturated heterocycles. The summed E-state index contributed by atoms with van der Waals surface area (Å²) in [4.78, 5) is 32.8. The molecule has 8 nitrogen and oxygen atoms in total. The van der Waals surface area contributed by atoms with Gasteiger partial charge in [0.05, 0.1) is 23.0 Å². The molecule has 2 N–H and O–H groups in total. The summed E-state index contributed by atoms with van der Waals surface area (Å²) in [6.07, 6.45) is 3.73. The molecule has 0 radical (unpaired) electrons. The van der Waals surface area contributed by atoms with Crippen molar-refractivity contribution in [2.45, 2.75) is 25.8 Å². The molecule has 10 heteroatoms. The Bertz CT molecular complexity index is 1800. The molecule has 1 aliphatic rings. The molecule has 1 fully saturated rings. The van der Waals surface area contributed by atoms with Crippen LogP contribution in [0.2, 0.25) is 0 Å². The maximum absolute atomic E-state index is 15.1. The van der Waals surface area contributed by atoms with Crippen molar-refractivity contribution < 1.29 is 23.5 Å². The Morgan fingerprint density at radius 2 is 1.68 bits per heavy atom. The summed E-state index contributed by atoms with van der Waals surface area (Å²) in [6.45, 7) is 3.29. The van der Waals surface area contributed by atoms with Gasteiger partial charge in [-0.05, 0) is 67.4 Å². The molecule has 6 rings (SSSR count). The molecule has 5 aromatic rings. The monoisotopic (exact) mass is 610 g/mol. The first-order valence-electron chi connectivity index (χ1n) is 14.4. The first kappa shape index (κ1) is 29.3. The Morgan fingerprint density at radius 1 is 0.909 bits per heavy atom. The second-order valence-electron chi connectivity index (χ2n) is 10.5. The third-order valence-corrected chi connectivity index (χ3v) is 8.54. The van der Waals surface area contributed by atoms with Gasteiger partial charge in [0.2, 0.25) is 11.8 Å². The first-order chi connectivity index (χ1) is 21.4. The number of anilines is 2. The first-order valence-corrected chi connectivity index (χ1v) is 15.2. The van der Waals surface area contributed by atoms with E-state index >= 15 is 4.39 Å². The second kappa shape index (κ2) is 13.2. The molecular formula is C34H31FN4O4S. The van der Waals surface area contributed by atoms with Crippen LogP contribution in [0.1, 0.15) is 24.8 Å². The van der Waals surface area contributed by atoms with Crippen molar-refractivity contribution in [1.29, 1.82) is 0 Å². The van der Waals surface area contributed by atoms with Gasteiger partial charge in [0.1, 0.15) is 17.9 Å². The standard InChI is InChI=1S/C34H31FN4O4S/c1-42-29-7-3-2-6-26(29)38-33(41)20-32(40)37-24-12-13-28(25(35)18-24)43-30-14-15-36-27-19-31(44-34(27)30)23-10-8-22(9-11-23)21-39-16-4-5-17-39/h2-3,6-15,18-19H,4-5,16-17,20-21H2,1H3,(H,37,40)(H,38,41). The van der Waals surface area contributed by atoms with Crippen molar-refractivity contribution in [1.82, 2.24) is 9.88 Å². The van der Waals surface area contributed by atoms with Gasteiger partial charge in [-0.15, -0.1) is 11.3 Å². The number of para-hydroxylation sites is 2. The van der Waals surface area contributed by atoms with Gasteiger partial charge in [-0.2, -0.15) is 0 Å². The number of pyridine rings is 1. The average molecular weight is 611 g/mol. The van der Waals surface area contributed by atoms with Crippen LogP contribution in [0.15, 0.2) is 85.1 Å². The lowest BCUT2D eigenvalue weighted by Crippen LogP contribution is -2.21. The number of thiophene rings is 1. The van der Waals surface area contributed by atoms with E-state index in [1.807, 2.05) is 6.07 Å². The number of hydrogen-bond acceptors (Lipinski definition) is 7. The van der Waals surface area contributed by atoms with Crippen LogP contribution in [0.3, 0.4) is 0 Å². The van der Waals surface area contributed by atoms with E-state index in [9.17, 15) is 9.59 Å². The molecule has 0 saturated carbocycles. The fourth-order valence-electron chi connectivity index (χ4n) is 5.18. The second-order valence-corrected chi connectivity index (χ2v) is 11.6. The topological polar surface area (TPSA) is 92.8 Å². The van der Waals surface area contributed by atoms with E-state index in [1.165, 1.54) is 49.0 Å². The zero-order valence-corrected chi connectivity index (χ0v) is 25.0. The van der Waals surface area contributed by atoms with E-state index in [-0.39, 0.29) is 11.4 Å². The number of nitrogens with one attached hydrogen (secondary N) is 2. The number of nitrogens with zero attached hydrogens (tertiary/aromatic N) is 2. The molecule has 0 aliphatic carbocycles. The maximum atomic E-state index is 15.1. The van der Waals surface area contributed by atoms with Gasteiger partial charge in [-0.25, -0.2) is 4.39 Å². The lowest BCUT2D eigenvalue weighted by Gasteiger charge is -2.14. The van der Waals surface area contributed by atoms with Crippen LogP contribution in [0.4, 0.5) is 15.8 Å². The van der Waals surface area contributed by atoms with Gasteiger partial charge in [-0.3, -0.25) is 19.5 Å². The number of amides is 2. The van der Waals surface area contributed by atoms with Crippen LogP contribution in [-0.2, 0) is 16.1 Å². The minimum Gasteiger partial charge on any atom is -0.495 e. The highest BCUT2D eigenvalue weighted by molar-refractivity contribution is 7.22. The number of halogens is 1. The zero-order chi connectivity index (χ0) is 30.5. The molecule has 224 valence electrons. The minimum atomic E-state index is -0.656. The van der Waals surface area contributed by atoms with Crippen molar-refractivity contribution >= 4 is 44.7 Å². The van der Waals surface area contributed by atoms with E-state index in [1.54, 1.807) is 36.5 Å². The highest BCUT2D eigenvalue weighted by atomic mass is 32.1. The van der Waals surface area contributed by atoms with Gasteiger partial charge in [0.15, 0.2) is 11.6 Å². The van der Waals surface area contributed by atoms with Crippen LogP contribution < -0.4 is 20.1 Å². The number of carbonyl (C=O) groups excluding carboxylic acids is 2. The fraction of sp³-hybridized carbons (Fsp3) is 0.206. The number of hydrogen-bond donors (Lipinski definition) is 2.